The molecule has 2 aromatic carbocycles. The van der Waals surface area contributed by atoms with Gasteiger partial charge in [-0.15, -0.1) is 0 Å². The molecule has 2 nitrogen and oxygen atoms in total. The van der Waals surface area contributed by atoms with Gasteiger partial charge in [0.1, 0.15) is 9.84 Å². The van der Waals surface area contributed by atoms with Gasteiger partial charge in [-0.25, -0.2) is 8.42 Å². The number of benzene rings is 2. The van der Waals surface area contributed by atoms with E-state index in [9.17, 15) is 8.42 Å². The van der Waals surface area contributed by atoms with Crippen molar-refractivity contribution in [2.75, 3.05) is 12.5 Å². The van der Waals surface area contributed by atoms with Gasteiger partial charge in [0.15, 0.2) is 0 Å². The van der Waals surface area contributed by atoms with Crippen LogP contribution in [0, 0.1) is 0 Å². The summed E-state index contributed by atoms with van der Waals surface area (Å²) in [5.74, 6) is 0. The molecule has 0 heterocycles. The molecule has 0 aliphatic rings. The Bertz CT molecular complexity index is 485. The second-order valence-electron chi connectivity index (χ2n) is 3.88. The summed E-state index contributed by atoms with van der Waals surface area (Å²) < 4.78 is 19.3. The van der Waals surface area contributed by atoms with E-state index < -0.39 is 9.84 Å². The Morgan fingerprint density at radius 1 is 0.647 bits per heavy atom. The lowest BCUT2D eigenvalue weighted by Crippen LogP contribution is -1.86. The monoisotopic (exact) mass is 248 g/mol. The molecule has 0 radical (unpaired) electrons. The van der Waals surface area contributed by atoms with Gasteiger partial charge in [0.05, 0.1) is 0 Å². The van der Waals surface area contributed by atoms with Crippen molar-refractivity contribution in [3.8, 4) is 11.1 Å². The summed E-state index contributed by atoms with van der Waals surface area (Å²) in [7, 11) is -2.67. The molecule has 17 heavy (non-hydrogen) atoms. The third-order valence-electron chi connectivity index (χ3n) is 1.88. The van der Waals surface area contributed by atoms with Crippen LogP contribution >= 0.6 is 0 Å². The van der Waals surface area contributed by atoms with Crippen LogP contribution in [0.5, 0.6) is 0 Å². The predicted molar refractivity (Wildman–Crippen MR) is 72.6 cm³/mol. The minimum Gasteiger partial charge on any atom is -0.229 e. The minimum atomic E-state index is -2.67. The highest BCUT2D eigenvalue weighted by Gasteiger charge is 1.91. The SMILES string of the molecule is CS(C)(=O)=O.c1ccc(-c2ccccc2)cc1. The summed E-state index contributed by atoms with van der Waals surface area (Å²) in [5, 5.41) is 0. The average Bonchev–Trinajstić information content (AvgIpc) is 2.29. The minimum absolute atomic E-state index is 1.16. The lowest BCUT2D eigenvalue weighted by atomic mass is 10.1. The first-order chi connectivity index (χ1) is 7.97. The zero-order valence-corrected chi connectivity index (χ0v) is 10.8. The molecule has 2 rings (SSSR count). The van der Waals surface area contributed by atoms with Gasteiger partial charge < -0.3 is 0 Å². The van der Waals surface area contributed by atoms with Gasteiger partial charge in [0, 0.05) is 12.5 Å². The Labute approximate surface area is 103 Å². The molecule has 0 unspecified atom stereocenters. The van der Waals surface area contributed by atoms with Crippen molar-refractivity contribution in [2.24, 2.45) is 0 Å². The maximum atomic E-state index is 9.63. The molecule has 0 saturated carbocycles. The molecule has 0 atom stereocenters. The van der Waals surface area contributed by atoms with E-state index in [-0.39, 0.29) is 0 Å². The fourth-order valence-corrected chi connectivity index (χ4v) is 1.26. The van der Waals surface area contributed by atoms with Crippen molar-refractivity contribution < 1.29 is 8.42 Å². The van der Waals surface area contributed by atoms with Gasteiger partial charge in [-0.05, 0) is 11.1 Å². The Morgan fingerprint density at radius 3 is 1.12 bits per heavy atom. The van der Waals surface area contributed by atoms with Crippen molar-refractivity contribution in [3.63, 3.8) is 0 Å². The largest absolute Gasteiger partial charge is 0.229 e. The second-order valence-corrected chi connectivity index (χ2v) is 6.16. The maximum Gasteiger partial charge on any atom is 0.144 e. The molecule has 0 N–H and O–H groups in total. The Morgan fingerprint density at radius 2 is 0.882 bits per heavy atom. The van der Waals surface area contributed by atoms with Crippen LogP contribution in [0.1, 0.15) is 0 Å². The van der Waals surface area contributed by atoms with Gasteiger partial charge in [0.2, 0.25) is 0 Å². The summed E-state index contributed by atoms with van der Waals surface area (Å²) in [6.07, 6.45) is 2.32. The standard InChI is InChI=1S/C12H10.C2H6O2S/c1-3-7-11(8-4-1)12-9-5-2-6-10-12;1-5(2,3)4/h1-10H;1-2H3. The quantitative estimate of drug-likeness (QED) is 0.777. The smallest absolute Gasteiger partial charge is 0.144 e. The zero-order valence-electron chi connectivity index (χ0n) is 10.00. The van der Waals surface area contributed by atoms with Gasteiger partial charge in [-0.3, -0.25) is 0 Å². The van der Waals surface area contributed by atoms with Crippen LogP contribution in [0.15, 0.2) is 60.7 Å². The van der Waals surface area contributed by atoms with Gasteiger partial charge in [-0.2, -0.15) is 0 Å². The maximum absolute atomic E-state index is 9.63. The van der Waals surface area contributed by atoms with Crippen molar-refractivity contribution >= 4 is 9.84 Å². The summed E-state index contributed by atoms with van der Waals surface area (Å²) in [6.45, 7) is 0. The van der Waals surface area contributed by atoms with Crippen LogP contribution in [0.25, 0.3) is 11.1 Å². The zero-order chi connectivity index (χ0) is 12.7. The highest BCUT2D eigenvalue weighted by Crippen LogP contribution is 2.17. The van der Waals surface area contributed by atoms with Gasteiger partial charge in [-0.1, -0.05) is 60.7 Å². The number of rotatable bonds is 1. The van der Waals surface area contributed by atoms with E-state index in [1.165, 1.54) is 11.1 Å². The van der Waals surface area contributed by atoms with Crippen LogP contribution in [0.3, 0.4) is 0 Å². The van der Waals surface area contributed by atoms with E-state index >= 15 is 0 Å². The fourth-order valence-electron chi connectivity index (χ4n) is 1.26. The second kappa shape index (κ2) is 6.21. The van der Waals surface area contributed by atoms with Gasteiger partial charge >= 0.3 is 0 Å². The normalized spacial score (nSPS) is 10.2. The van der Waals surface area contributed by atoms with Crippen LogP contribution in [0.4, 0.5) is 0 Å². The van der Waals surface area contributed by atoms with Crippen LogP contribution < -0.4 is 0 Å². The average molecular weight is 248 g/mol. The first-order valence-electron chi connectivity index (χ1n) is 5.22. The number of hydrogen-bond acceptors (Lipinski definition) is 2. The fraction of sp³-hybridized carbons (Fsp3) is 0.143. The molecule has 0 aliphatic heterocycles. The van der Waals surface area contributed by atoms with E-state index in [0.29, 0.717) is 0 Å². The molecule has 0 amide bonds. The van der Waals surface area contributed by atoms with Crippen molar-refractivity contribution in [1.82, 2.24) is 0 Å². The highest BCUT2D eigenvalue weighted by atomic mass is 32.2. The molecular formula is C14H16O2S. The van der Waals surface area contributed by atoms with E-state index in [4.69, 9.17) is 0 Å². The third-order valence-corrected chi connectivity index (χ3v) is 1.88. The third kappa shape index (κ3) is 6.53. The molecular weight excluding hydrogens is 232 g/mol. The van der Waals surface area contributed by atoms with E-state index in [1.807, 2.05) is 12.1 Å². The Kier molecular flexibility index (Phi) is 4.91. The number of hydrogen-bond donors (Lipinski definition) is 0. The molecule has 0 saturated heterocycles. The summed E-state index contributed by atoms with van der Waals surface area (Å²) in [5.41, 5.74) is 2.55. The molecule has 0 fully saturated rings. The summed E-state index contributed by atoms with van der Waals surface area (Å²) >= 11 is 0. The Balaban J connectivity index is 0.000000249. The van der Waals surface area contributed by atoms with Crippen LogP contribution in [-0.2, 0) is 9.84 Å². The molecule has 2 aromatic rings. The van der Waals surface area contributed by atoms with Crippen LogP contribution in [-0.4, -0.2) is 20.9 Å². The molecule has 0 bridgehead atoms. The van der Waals surface area contributed by atoms with Crippen molar-refractivity contribution in [3.05, 3.63) is 60.7 Å². The summed E-state index contributed by atoms with van der Waals surface area (Å²) in [4.78, 5) is 0. The topological polar surface area (TPSA) is 34.1 Å². The highest BCUT2D eigenvalue weighted by molar-refractivity contribution is 7.89. The van der Waals surface area contributed by atoms with Crippen molar-refractivity contribution in [2.45, 2.75) is 0 Å². The summed E-state index contributed by atoms with van der Waals surface area (Å²) in [6, 6.07) is 20.8. The Hall–Kier alpha value is -1.61. The van der Waals surface area contributed by atoms with E-state index in [0.717, 1.165) is 12.5 Å². The lowest BCUT2D eigenvalue weighted by Gasteiger charge is -1.98. The molecule has 0 aromatic heterocycles. The van der Waals surface area contributed by atoms with E-state index in [1.54, 1.807) is 0 Å². The first kappa shape index (κ1) is 13.5. The van der Waals surface area contributed by atoms with Crippen molar-refractivity contribution in [1.29, 1.82) is 0 Å². The van der Waals surface area contributed by atoms with E-state index in [2.05, 4.69) is 48.5 Å². The first-order valence-corrected chi connectivity index (χ1v) is 7.52. The predicted octanol–water partition coefficient (Wildman–Crippen LogP) is 3.01. The van der Waals surface area contributed by atoms with Crippen LogP contribution in [0.2, 0.25) is 0 Å². The molecule has 0 aliphatic carbocycles. The number of sulfone groups is 1. The molecule has 90 valence electrons. The lowest BCUT2D eigenvalue weighted by molar-refractivity contribution is 0.607. The molecule has 0 spiro atoms. The molecule has 3 heteroatoms. The van der Waals surface area contributed by atoms with Gasteiger partial charge in [0.25, 0.3) is 0 Å².